The fraction of sp³-hybridized carbons (Fsp3) is 0.571. The van der Waals surface area contributed by atoms with E-state index in [0.717, 1.165) is 18.5 Å². The highest BCUT2D eigenvalue weighted by Crippen LogP contribution is 2.17. The van der Waals surface area contributed by atoms with Crippen LogP contribution in [-0.4, -0.2) is 29.6 Å². The molecule has 0 aromatic heterocycles. The van der Waals surface area contributed by atoms with E-state index in [1.807, 2.05) is 30.3 Å². The third-order valence-electron chi connectivity index (χ3n) is 3.35. The number of hydrogen-bond donors (Lipinski definition) is 1. The van der Waals surface area contributed by atoms with Crippen molar-refractivity contribution in [1.29, 1.82) is 0 Å². The van der Waals surface area contributed by atoms with Gasteiger partial charge in [0.15, 0.2) is 0 Å². The lowest BCUT2D eigenvalue weighted by Gasteiger charge is -2.27. The molecule has 1 unspecified atom stereocenters. The molecule has 0 amide bonds. The molecule has 2 nitrogen and oxygen atoms in total. The summed E-state index contributed by atoms with van der Waals surface area (Å²) in [6.07, 6.45) is 4.56. The molecule has 1 saturated heterocycles. The van der Waals surface area contributed by atoms with Crippen molar-refractivity contribution in [2.75, 3.05) is 19.6 Å². The summed E-state index contributed by atoms with van der Waals surface area (Å²) in [5, 5.41) is 10.0. The Labute approximate surface area is 110 Å². The molecule has 17 heavy (non-hydrogen) atoms. The molecule has 0 bridgehead atoms. The van der Waals surface area contributed by atoms with Gasteiger partial charge in [-0.15, -0.1) is 12.4 Å². The van der Waals surface area contributed by atoms with Gasteiger partial charge in [0, 0.05) is 6.54 Å². The lowest BCUT2D eigenvalue weighted by Crippen LogP contribution is -2.31. The van der Waals surface area contributed by atoms with Crippen molar-refractivity contribution in [2.45, 2.75) is 31.8 Å². The Balaban J connectivity index is 0.00000144. The minimum Gasteiger partial charge on any atom is -0.388 e. The molecule has 1 fully saturated rings. The van der Waals surface area contributed by atoms with Gasteiger partial charge in [0.25, 0.3) is 0 Å². The summed E-state index contributed by atoms with van der Waals surface area (Å²) in [6.45, 7) is 3.44. The summed E-state index contributed by atoms with van der Waals surface area (Å²) < 4.78 is 0. The van der Waals surface area contributed by atoms with Crippen molar-refractivity contribution in [3.05, 3.63) is 35.9 Å². The van der Waals surface area contributed by atoms with Crippen LogP contribution >= 0.6 is 12.4 Å². The fourth-order valence-electron chi connectivity index (χ4n) is 2.33. The van der Waals surface area contributed by atoms with E-state index in [4.69, 9.17) is 0 Å². The highest BCUT2D eigenvalue weighted by molar-refractivity contribution is 5.85. The first-order chi connectivity index (χ1) is 7.86. The molecule has 1 aliphatic rings. The van der Waals surface area contributed by atoms with E-state index < -0.39 is 0 Å². The molecular formula is C14H22ClNO. The van der Waals surface area contributed by atoms with Crippen LogP contribution in [0.4, 0.5) is 0 Å². The maximum atomic E-state index is 10.0. The van der Waals surface area contributed by atoms with Crippen LogP contribution in [0.25, 0.3) is 0 Å². The molecule has 1 heterocycles. The maximum absolute atomic E-state index is 10.0. The predicted octanol–water partition coefficient (Wildman–Crippen LogP) is 3.02. The molecule has 1 atom stereocenters. The molecule has 0 radical (unpaired) electrons. The van der Waals surface area contributed by atoms with Gasteiger partial charge in [-0.2, -0.15) is 0 Å². The molecule has 2 rings (SSSR count). The Bertz CT molecular complexity index is 298. The Kier molecular flexibility index (Phi) is 6.56. The van der Waals surface area contributed by atoms with Crippen LogP contribution in [0.2, 0.25) is 0 Å². The Morgan fingerprint density at radius 2 is 1.71 bits per heavy atom. The number of nitrogens with zero attached hydrogens (tertiary/aromatic N) is 1. The lowest BCUT2D eigenvalue weighted by molar-refractivity contribution is 0.134. The summed E-state index contributed by atoms with van der Waals surface area (Å²) >= 11 is 0. The third-order valence-corrected chi connectivity index (χ3v) is 3.35. The van der Waals surface area contributed by atoms with Crippen molar-refractivity contribution in [2.24, 2.45) is 0 Å². The van der Waals surface area contributed by atoms with Gasteiger partial charge in [-0.05, 0) is 37.9 Å². The number of hydrogen-bond acceptors (Lipinski definition) is 2. The summed E-state index contributed by atoms with van der Waals surface area (Å²) in [5.41, 5.74) is 1.04. The second-order valence-corrected chi connectivity index (χ2v) is 4.62. The smallest absolute Gasteiger partial charge is 0.0802 e. The van der Waals surface area contributed by atoms with Crippen molar-refractivity contribution in [3.8, 4) is 0 Å². The number of halogens is 1. The number of aliphatic hydroxyl groups excluding tert-OH is 1. The van der Waals surface area contributed by atoms with E-state index in [1.54, 1.807) is 0 Å². The number of likely N-dealkylation sites (tertiary alicyclic amines) is 1. The molecule has 0 aliphatic carbocycles. The molecule has 96 valence electrons. The standard InChI is InChI=1S/C14H21NO.ClH/c16-14(13-7-3-1-4-8-13)9-12-15-10-5-2-6-11-15;/h1,3-4,7-8,14,16H,2,5-6,9-12H2;1H. The zero-order chi connectivity index (χ0) is 11.2. The first-order valence-electron chi connectivity index (χ1n) is 6.31. The van der Waals surface area contributed by atoms with Gasteiger partial charge in [-0.1, -0.05) is 36.8 Å². The number of piperidine rings is 1. The molecular weight excluding hydrogens is 234 g/mol. The molecule has 1 aromatic rings. The summed E-state index contributed by atoms with van der Waals surface area (Å²) in [6, 6.07) is 9.96. The van der Waals surface area contributed by atoms with E-state index >= 15 is 0 Å². The van der Waals surface area contributed by atoms with Crippen LogP contribution < -0.4 is 0 Å². The average molecular weight is 256 g/mol. The van der Waals surface area contributed by atoms with Crippen LogP contribution in [0, 0.1) is 0 Å². The minimum atomic E-state index is -0.303. The Morgan fingerprint density at radius 3 is 2.35 bits per heavy atom. The van der Waals surface area contributed by atoms with E-state index in [2.05, 4.69) is 4.90 Å². The van der Waals surface area contributed by atoms with Gasteiger partial charge in [-0.25, -0.2) is 0 Å². The first-order valence-corrected chi connectivity index (χ1v) is 6.31. The van der Waals surface area contributed by atoms with Crippen LogP contribution in [0.15, 0.2) is 30.3 Å². The normalized spacial score (nSPS) is 18.4. The van der Waals surface area contributed by atoms with Gasteiger partial charge in [0.05, 0.1) is 6.10 Å². The first kappa shape index (κ1) is 14.5. The topological polar surface area (TPSA) is 23.5 Å². The van der Waals surface area contributed by atoms with Crippen LogP contribution in [0.5, 0.6) is 0 Å². The molecule has 0 saturated carbocycles. The minimum absolute atomic E-state index is 0. The molecule has 0 spiro atoms. The van der Waals surface area contributed by atoms with Gasteiger partial charge in [-0.3, -0.25) is 0 Å². The van der Waals surface area contributed by atoms with Gasteiger partial charge >= 0.3 is 0 Å². The molecule has 1 aliphatic heterocycles. The highest BCUT2D eigenvalue weighted by Gasteiger charge is 2.12. The lowest BCUT2D eigenvalue weighted by atomic mass is 10.1. The summed E-state index contributed by atoms with van der Waals surface area (Å²) in [5.74, 6) is 0. The number of benzene rings is 1. The monoisotopic (exact) mass is 255 g/mol. The molecule has 1 N–H and O–H groups in total. The average Bonchev–Trinajstić information content (AvgIpc) is 2.38. The largest absolute Gasteiger partial charge is 0.388 e. The van der Waals surface area contributed by atoms with Crippen LogP contribution in [0.1, 0.15) is 37.4 Å². The second-order valence-electron chi connectivity index (χ2n) is 4.62. The summed E-state index contributed by atoms with van der Waals surface area (Å²) in [7, 11) is 0. The fourth-order valence-corrected chi connectivity index (χ4v) is 2.33. The summed E-state index contributed by atoms with van der Waals surface area (Å²) in [4.78, 5) is 2.47. The Hall–Kier alpha value is -0.570. The quantitative estimate of drug-likeness (QED) is 0.894. The molecule has 1 aromatic carbocycles. The van der Waals surface area contributed by atoms with E-state index in [-0.39, 0.29) is 18.5 Å². The second kappa shape index (κ2) is 7.70. The Morgan fingerprint density at radius 1 is 1.06 bits per heavy atom. The van der Waals surface area contributed by atoms with Crippen molar-refractivity contribution < 1.29 is 5.11 Å². The van der Waals surface area contributed by atoms with E-state index in [0.29, 0.717) is 0 Å². The SMILES string of the molecule is Cl.OC(CCN1CCCCC1)c1ccccc1. The van der Waals surface area contributed by atoms with E-state index in [1.165, 1.54) is 32.4 Å². The predicted molar refractivity (Wildman–Crippen MR) is 73.6 cm³/mol. The van der Waals surface area contributed by atoms with Crippen molar-refractivity contribution >= 4 is 12.4 Å². The van der Waals surface area contributed by atoms with Crippen molar-refractivity contribution in [1.82, 2.24) is 4.90 Å². The van der Waals surface area contributed by atoms with Gasteiger partial charge in [0.1, 0.15) is 0 Å². The zero-order valence-corrected chi connectivity index (χ0v) is 11.0. The zero-order valence-electron chi connectivity index (χ0n) is 10.2. The highest BCUT2D eigenvalue weighted by atomic mass is 35.5. The van der Waals surface area contributed by atoms with Gasteiger partial charge in [0.2, 0.25) is 0 Å². The van der Waals surface area contributed by atoms with E-state index in [9.17, 15) is 5.11 Å². The van der Waals surface area contributed by atoms with Crippen LogP contribution in [0.3, 0.4) is 0 Å². The van der Waals surface area contributed by atoms with Gasteiger partial charge < -0.3 is 10.0 Å². The third kappa shape index (κ3) is 4.66. The number of aliphatic hydroxyl groups is 1. The number of rotatable bonds is 4. The van der Waals surface area contributed by atoms with Crippen LogP contribution in [-0.2, 0) is 0 Å². The maximum Gasteiger partial charge on any atom is 0.0802 e. The van der Waals surface area contributed by atoms with Crippen molar-refractivity contribution in [3.63, 3.8) is 0 Å². The molecule has 3 heteroatoms.